The summed E-state index contributed by atoms with van der Waals surface area (Å²) in [6.07, 6.45) is 4.34. The summed E-state index contributed by atoms with van der Waals surface area (Å²) in [6, 6.07) is 0. The van der Waals surface area contributed by atoms with E-state index in [9.17, 15) is 4.79 Å². The third-order valence-corrected chi connectivity index (χ3v) is 4.88. The average Bonchev–Trinajstić information content (AvgIpc) is 2.20. The first-order valence-corrected chi connectivity index (χ1v) is 7.50. The Morgan fingerprint density at radius 3 is 2.56 bits per heavy atom. The highest BCUT2D eigenvalue weighted by molar-refractivity contribution is 8.00. The monoisotopic (exact) mass is 241 g/mol. The molecule has 2 aliphatic rings. The number of hydrogen-bond donors (Lipinski definition) is 0. The molecule has 2 fully saturated rings. The first-order chi connectivity index (χ1) is 7.65. The van der Waals surface area contributed by atoms with Gasteiger partial charge in [0, 0.05) is 42.5 Å². The number of rotatable bonds is 2. The molecule has 0 aromatic heterocycles. The smallest absolute Gasteiger partial charge is 0.137 e. The lowest BCUT2D eigenvalue weighted by atomic mass is 9.87. The van der Waals surface area contributed by atoms with Gasteiger partial charge in [0.2, 0.25) is 0 Å². The van der Waals surface area contributed by atoms with Crippen molar-refractivity contribution in [1.82, 2.24) is 4.90 Å². The van der Waals surface area contributed by atoms with E-state index >= 15 is 0 Å². The minimum atomic E-state index is 0.344. The minimum Gasteiger partial charge on any atom is -0.300 e. The van der Waals surface area contributed by atoms with Crippen LogP contribution in [0.3, 0.4) is 0 Å². The van der Waals surface area contributed by atoms with Crippen LogP contribution in [0.5, 0.6) is 0 Å². The Morgan fingerprint density at radius 1 is 1.25 bits per heavy atom. The molecule has 0 aromatic rings. The maximum absolute atomic E-state index is 11.8. The van der Waals surface area contributed by atoms with Gasteiger partial charge < -0.3 is 4.90 Å². The fourth-order valence-corrected chi connectivity index (χ4v) is 4.38. The lowest BCUT2D eigenvalue weighted by Gasteiger charge is -2.37. The molecule has 1 aliphatic carbocycles. The van der Waals surface area contributed by atoms with Crippen LogP contribution in [0.25, 0.3) is 0 Å². The molecule has 2 nitrogen and oxygen atoms in total. The van der Waals surface area contributed by atoms with Gasteiger partial charge in [-0.1, -0.05) is 20.3 Å². The van der Waals surface area contributed by atoms with Crippen molar-refractivity contribution in [3.63, 3.8) is 0 Å². The lowest BCUT2D eigenvalue weighted by Crippen LogP contribution is -2.44. The highest BCUT2D eigenvalue weighted by atomic mass is 32.2. The van der Waals surface area contributed by atoms with E-state index in [1.54, 1.807) is 0 Å². The zero-order valence-corrected chi connectivity index (χ0v) is 11.3. The molecular formula is C13H23NOS. The van der Waals surface area contributed by atoms with E-state index in [0.29, 0.717) is 11.7 Å². The van der Waals surface area contributed by atoms with Crippen molar-refractivity contribution in [1.29, 1.82) is 0 Å². The molecule has 0 amide bonds. The second kappa shape index (κ2) is 5.54. The first-order valence-electron chi connectivity index (χ1n) is 6.55. The summed E-state index contributed by atoms with van der Waals surface area (Å²) in [5, 5.41) is 1.45. The van der Waals surface area contributed by atoms with E-state index < -0.39 is 0 Å². The molecule has 3 unspecified atom stereocenters. The van der Waals surface area contributed by atoms with Crippen LogP contribution in [-0.2, 0) is 4.79 Å². The van der Waals surface area contributed by atoms with E-state index in [-0.39, 0.29) is 0 Å². The number of Topliss-reactive ketones (excluding diaryl/α,β-unsaturated/α-hetero) is 1. The molecule has 1 saturated heterocycles. The second-order valence-electron chi connectivity index (χ2n) is 5.38. The predicted octanol–water partition coefficient (Wildman–Crippen LogP) is 2.57. The van der Waals surface area contributed by atoms with Crippen molar-refractivity contribution in [2.45, 2.75) is 50.0 Å². The molecule has 0 N–H and O–H groups in total. The number of carbonyl (C=O) groups is 1. The molecule has 3 atom stereocenters. The summed E-state index contributed by atoms with van der Waals surface area (Å²) in [7, 11) is 0. The second-order valence-corrected chi connectivity index (χ2v) is 7.27. The van der Waals surface area contributed by atoms with Crippen molar-refractivity contribution in [2.24, 2.45) is 5.92 Å². The Labute approximate surface area is 103 Å². The maximum Gasteiger partial charge on any atom is 0.137 e. The third kappa shape index (κ3) is 3.24. The van der Waals surface area contributed by atoms with Crippen molar-refractivity contribution < 1.29 is 4.79 Å². The molecule has 1 aliphatic heterocycles. The van der Waals surface area contributed by atoms with Crippen molar-refractivity contribution in [3.8, 4) is 0 Å². The predicted molar refractivity (Wildman–Crippen MR) is 69.9 cm³/mol. The zero-order valence-electron chi connectivity index (χ0n) is 10.4. The van der Waals surface area contributed by atoms with E-state index in [1.165, 1.54) is 19.5 Å². The highest BCUT2D eigenvalue weighted by Crippen LogP contribution is 2.27. The van der Waals surface area contributed by atoms with Gasteiger partial charge in [0.1, 0.15) is 5.78 Å². The SMILES string of the molecule is CC1CN(CC2CCCCC2=O)CC(C)S1. The lowest BCUT2D eigenvalue weighted by molar-refractivity contribution is -0.125. The summed E-state index contributed by atoms with van der Waals surface area (Å²) in [6.45, 7) is 7.96. The van der Waals surface area contributed by atoms with Gasteiger partial charge in [-0.3, -0.25) is 4.79 Å². The number of thioether (sulfide) groups is 1. The van der Waals surface area contributed by atoms with Gasteiger partial charge in [0.25, 0.3) is 0 Å². The number of ketones is 1. The average molecular weight is 241 g/mol. The number of nitrogens with zero attached hydrogens (tertiary/aromatic N) is 1. The summed E-state index contributed by atoms with van der Waals surface area (Å²) in [5.41, 5.74) is 0. The van der Waals surface area contributed by atoms with Gasteiger partial charge in [-0.15, -0.1) is 0 Å². The van der Waals surface area contributed by atoms with Crippen LogP contribution in [0.2, 0.25) is 0 Å². The maximum atomic E-state index is 11.8. The minimum absolute atomic E-state index is 0.344. The Morgan fingerprint density at radius 2 is 1.94 bits per heavy atom. The van der Waals surface area contributed by atoms with Crippen LogP contribution in [-0.4, -0.2) is 40.8 Å². The largest absolute Gasteiger partial charge is 0.300 e. The molecule has 3 heteroatoms. The van der Waals surface area contributed by atoms with E-state index in [2.05, 4.69) is 30.5 Å². The van der Waals surface area contributed by atoms with Crippen LogP contribution in [0, 0.1) is 5.92 Å². The van der Waals surface area contributed by atoms with Gasteiger partial charge in [-0.2, -0.15) is 11.8 Å². The van der Waals surface area contributed by atoms with Crippen LogP contribution in [0.15, 0.2) is 0 Å². The van der Waals surface area contributed by atoms with Gasteiger partial charge in [0.15, 0.2) is 0 Å². The molecule has 1 saturated carbocycles. The molecular weight excluding hydrogens is 218 g/mol. The normalized spacial score (nSPS) is 37.6. The molecule has 0 spiro atoms. The number of carbonyl (C=O) groups excluding carboxylic acids is 1. The summed E-state index contributed by atoms with van der Waals surface area (Å²) < 4.78 is 0. The van der Waals surface area contributed by atoms with E-state index in [4.69, 9.17) is 0 Å². The molecule has 0 aromatic carbocycles. The first kappa shape index (κ1) is 12.4. The summed E-state index contributed by atoms with van der Waals surface area (Å²) in [4.78, 5) is 14.3. The van der Waals surface area contributed by atoms with Crippen LogP contribution < -0.4 is 0 Å². The van der Waals surface area contributed by atoms with Crippen molar-refractivity contribution in [3.05, 3.63) is 0 Å². The van der Waals surface area contributed by atoms with E-state index in [0.717, 1.165) is 36.3 Å². The van der Waals surface area contributed by atoms with Crippen molar-refractivity contribution in [2.75, 3.05) is 19.6 Å². The molecule has 0 bridgehead atoms. The number of hydrogen-bond acceptors (Lipinski definition) is 3. The molecule has 0 radical (unpaired) electrons. The molecule has 2 rings (SSSR count). The fraction of sp³-hybridized carbons (Fsp3) is 0.923. The van der Waals surface area contributed by atoms with Gasteiger partial charge in [0.05, 0.1) is 0 Å². The third-order valence-electron chi connectivity index (χ3n) is 3.65. The molecule has 16 heavy (non-hydrogen) atoms. The molecule has 1 heterocycles. The van der Waals surface area contributed by atoms with Crippen molar-refractivity contribution >= 4 is 17.5 Å². The molecule has 92 valence electrons. The standard InChI is InChI=1S/C13H23NOS/c1-10-7-14(8-11(2)16-10)9-12-5-3-4-6-13(12)15/h10-12H,3-9H2,1-2H3. The Kier molecular flexibility index (Phi) is 4.31. The Balaban J connectivity index is 1.85. The van der Waals surface area contributed by atoms with Gasteiger partial charge in [-0.25, -0.2) is 0 Å². The van der Waals surface area contributed by atoms with Crippen LogP contribution in [0.1, 0.15) is 39.5 Å². The summed E-state index contributed by atoms with van der Waals surface area (Å²) in [5.74, 6) is 0.862. The van der Waals surface area contributed by atoms with Gasteiger partial charge >= 0.3 is 0 Å². The van der Waals surface area contributed by atoms with Crippen LogP contribution in [0.4, 0.5) is 0 Å². The highest BCUT2D eigenvalue weighted by Gasteiger charge is 2.28. The zero-order chi connectivity index (χ0) is 11.5. The Hall–Kier alpha value is -0.0200. The summed E-state index contributed by atoms with van der Waals surface area (Å²) >= 11 is 2.08. The van der Waals surface area contributed by atoms with Crippen LogP contribution >= 0.6 is 11.8 Å². The Bertz CT molecular complexity index is 246. The fourth-order valence-electron chi connectivity index (χ4n) is 2.99. The van der Waals surface area contributed by atoms with Gasteiger partial charge in [-0.05, 0) is 12.8 Å². The van der Waals surface area contributed by atoms with E-state index in [1.807, 2.05) is 0 Å². The quantitative estimate of drug-likeness (QED) is 0.741. The topological polar surface area (TPSA) is 20.3 Å².